The topological polar surface area (TPSA) is 61.4 Å². The molecular formula is C20H23N3O2. The lowest BCUT2D eigenvalue weighted by atomic mass is 10.1. The summed E-state index contributed by atoms with van der Waals surface area (Å²) < 4.78 is 0. The molecule has 5 heteroatoms. The average Bonchev–Trinajstić information content (AvgIpc) is 3.04. The molecule has 3 rings (SSSR count). The minimum absolute atomic E-state index is 0.106. The van der Waals surface area contributed by atoms with Crippen molar-refractivity contribution in [2.75, 3.05) is 18.9 Å². The number of hydrogen-bond acceptors (Lipinski definition) is 3. The van der Waals surface area contributed by atoms with Gasteiger partial charge in [0, 0.05) is 38.8 Å². The number of hydrogen-bond donors (Lipinski definition) is 2. The Morgan fingerprint density at radius 3 is 2.68 bits per heavy atom. The van der Waals surface area contributed by atoms with E-state index in [1.54, 1.807) is 13.1 Å². The molecule has 2 aromatic carbocycles. The van der Waals surface area contributed by atoms with E-state index in [2.05, 4.69) is 16.7 Å². The summed E-state index contributed by atoms with van der Waals surface area (Å²) in [6.45, 7) is 1.93. The number of nitrogens with zero attached hydrogens (tertiary/aromatic N) is 1. The van der Waals surface area contributed by atoms with Crippen LogP contribution in [-0.2, 0) is 17.9 Å². The Balaban J connectivity index is 1.62. The number of benzene rings is 2. The van der Waals surface area contributed by atoms with Gasteiger partial charge in [-0.15, -0.1) is 0 Å². The van der Waals surface area contributed by atoms with Crippen LogP contribution >= 0.6 is 0 Å². The molecule has 1 aliphatic rings. The molecule has 2 amide bonds. The van der Waals surface area contributed by atoms with Crippen LogP contribution in [0.4, 0.5) is 5.69 Å². The summed E-state index contributed by atoms with van der Waals surface area (Å²) in [5.74, 6) is 0.118. The number of rotatable bonds is 6. The molecule has 2 N–H and O–H groups in total. The van der Waals surface area contributed by atoms with Crippen LogP contribution in [0, 0.1) is 0 Å². The first-order chi connectivity index (χ1) is 12.2. The van der Waals surface area contributed by atoms with Crippen LogP contribution in [0.1, 0.15) is 34.3 Å². The maximum absolute atomic E-state index is 12.4. The van der Waals surface area contributed by atoms with Crippen LogP contribution in [0.2, 0.25) is 0 Å². The smallest absolute Gasteiger partial charge is 0.253 e. The van der Waals surface area contributed by atoms with Crippen LogP contribution in [0.25, 0.3) is 0 Å². The quantitative estimate of drug-likeness (QED) is 0.852. The van der Waals surface area contributed by atoms with E-state index in [0.717, 1.165) is 29.8 Å². The maximum Gasteiger partial charge on any atom is 0.253 e. The van der Waals surface area contributed by atoms with Gasteiger partial charge >= 0.3 is 0 Å². The lowest BCUT2D eigenvalue weighted by Gasteiger charge is -2.16. The molecule has 0 radical (unpaired) electrons. The van der Waals surface area contributed by atoms with Crippen LogP contribution in [0.3, 0.4) is 0 Å². The van der Waals surface area contributed by atoms with Gasteiger partial charge in [0.2, 0.25) is 5.91 Å². The predicted octanol–water partition coefficient (Wildman–Crippen LogP) is 2.78. The van der Waals surface area contributed by atoms with Crippen molar-refractivity contribution in [2.45, 2.75) is 25.9 Å². The molecule has 0 aromatic heterocycles. The highest BCUT2D eigenvalue weighted by Crippen LogP contribution is 2.16. The first kappa shape index (κ1) is 17.0. The fourth-order valence-corrected chi connectivity index (χ4v) is 3.11. The van der Waals surface area contributed by atoms with Crippen LogP contribution in [0.15, 0.2) is 48.5 Å². The molecule has 0 bridgehead atoms. The summed E-state index contributed by atoms with van der Waals surface area (Å²) in [7, 11) is 1.80. The van der Waals surface area contributed by atoms with Crippen molar-refractivity contribution in [2.24, 2.45) is 0 Å². The van der Waals surface area contributed by atoms with Crippen molar-refractivity contribution in [3.63, 3.8) is 0 Å². The van der Waals surface area contributed by atoms with Gasteiger partial charge in [-0.2, -0.15) is 0 Å². The fraction of sp³-hybridized carbons (Fsp3) is 0.300. The highest BCUT2D eigenvalue weighted by molar-refractivity contribution is 5.99. The number of anilines is 1. The molecule has 2 aromatic rings. The first-order valence-corrected chi connectivity index (χ1v) is 8.58. The summed E-state index contributed by atoms with van der Waals surface area (Å²) in [4.78, 5) is 26.0. The third-order valence-electron chi connectivity index (χ3n) is 4.43. The Kier molecular flexibility index (Phi) is 5.33. The Labute approximate surface area is 148 Å². The molecular weight excluding hydrogens is 314 g/mol. The van der Waals surface area contributed by atoms with Gasteiger partial charge in [0.05, 0.1) is 5.56 Å². The van der Waals surface area contributed by atoms with Gasteiger partial charge in [0.25, 0.3) is 5.91 Å². The summed E-state index contributed by atoms with van der Waals surface area (Å²) >= 11 is 0. The van der Waals surface area contributed by atoms with E-state index >= 15 is 0 Å². The SMILES string of the molecule is CNc1ccccc1C(=O)NCc1cccc(CN2CCCC2=O)c1. The lowest BCUT2D eigenvalue weighted by molar-refractivity contribution is -0.128. The van der Waals surface area contributed by atoms with Crippen molar-refractivity contribution in [3.8, 4) is 0 Å². The molecule has 130 valence electrons. The molecule has 0 saturated carbocycles. The van der Waals surface area contributed by atoms with Crippen LogP contribution in [-0.4, -0.2) is 30.3 Å². The zero-order chi connectivity index (χ0) is 17.6. The molecule has 1 saturated heterocycles. The minimum Gasteiger partial charge on any atom is -0.387 e. The maximum atomic E-state index is 12.4. The number of carbonyl (C=O) groups is 2. The monoisotopic (exact) mass is 337 g/mol. The normalized spacial score (nSPS) is 13.8. The van der Waals surface area contributed by atoms with Crippen LogP contribution in [0.5, 0.6) is 0 Å². The summed E-state index contributed by atoms with van der Waals surface area (Å²) in [5, 5.41) is 5.99. The second-order valence-corrected chi connectivity index (χ2v) is 6.22. The highest BCUT2D eigenvalue weighted by Gasteiger charge is 2.20. The molecule has 0 spiro atoms. The molecule has 1 fully saturated rings. The van der Waals surface area contributed by atoms with Gasteiger partial charge in [-0.3, -0.25) is 9.59 Å². The highest BCUT2D eigenvalue weighted by atomic mass is 16.2. The second kappa shape index (κ2) is 7.83. The number of carbonyl (C=O) groups excluding carboxylic acids is 2. The van der Waals surface area contributed by atoms with Crippen molar-refractivity contribution < 1.29 is 9.59 Å². The van der Waals surface area contributed by atoms with Crippen molar-refractivity contribution in [1.29, 1.82) is 0 Å². The first-order valence-electron chi connectivity index (χ1n) is 8.58. The van der Waals surface area contributed by atoms with Gasteiger partial charge in [-0.25, -0.2) is 0 Å². The molecule has 0 atom stereocenters. The zero-order valence-electron chi connectivity index (χ0n) is 14.4. The van der Waals surface area contributed by atoms with Gasteiger partial charge in [0.1, 0.15) is 0 Å². The molecule has 0 unspecified atom stereocenters. The van der Waals surface area contributed by atoms with E-state index in [-0.39, 0.29) is 11.8 Å². The third kappa shape index (κ3) is 4.18. The standard InChI is InChI=1S/C20H23N3O2/c1-21-18-9-3-2-8-17(18)20(25)22-13-15-6-4-7-16(12-15)14-23-11-5-10-19(23)24/h2-4,6-9,12,21H,5,10-11,13-14H2,1H3,(H,22,25). The molecule has 5 nitrogen and oxygen atoms in total. The number of para-hydroxylation sites is 1. The van der Waals surface area contributed by atoms with E-state index in [9.17, 15) is 9.59 Å². The largest absolute Gasteiger partial charge is 0.387 e. The predicted molar refractivity (Wildman–Crippen MR) is 98.3 cm³/mol. The van der Waals surface area contributed by atoms with Gasteiger partial charge in [0.15, 0.2) is 0 Å². The van der Waals surface area contributed by atoms with E-state index in [4.69, 9.17) is 0 Å². The summed E-state index contributed by atoms with van der Waals surface area (Å²) in [6, 6.07) is 15.5. The van der Waals surface area contributed by atoms with E-state index < -0.39 is 0 Å². The van der Waals surface area contributed by atoms with E-state index in [1.165, 1.54) is 0 Å². The Hall–Kier alpha value is -2.82. The molecule has 25 heavy (non-hydrogen) atoms. The van der Waals surface area contributed by atoms with Crippen LogP contribution < -0.4 is 10.6 Å². The van der Waals surface area contributed by atoms with Crippen molar-refractivity contribution >= 4 is 17.5 Å². The summed E-state index contributed by atoms with van der Waals surface area (Å²) in [5.41, 5.74) is 3.56. The van der Waals surface area contributed by atoms with E-state index in [1.807, 2.05) is 41.3 Å². The number of nitrogens with one attached hydrogen (secondary N) is 2. The second-order valence-electron chi connectivity index (χ2n) is 6.22. The van der Waals surface area contributed by atoms with Crippen molar-refractivity contribution in [3.05, 3.63) is 65.2 Å². The Morgan fingerprint density at radius 1 is 1.12 bits per heavy atom. The molecule has 0 aliphatic carbocycles. The zero-order valence-corrected chi connectivity index (χ0v) is 14.4. The van der Waals surface area contributed by atoms with Crippen molar-refractivity contribution in [1.82, 2.24) is 10.2 Å². The number of likely N-dealkylation sites (tertiary alicyclic amines) is 1. The molecule has 1 heterocycles. The average molecular weight is 337 g/mol. The van der Waals surface area contributed by atoms with Gasteiger partial charge < -0.3 is 15.5 Å². The summed E-state index contributed by atoms with van der Waals surface area (Å²) in [6.07, 6.45) is 1.60. The third-order valence-corrected chi connectivity index (χ3v) is 4.43. The lowest BCUT2D eigenvalue weighted by Crippen LogP contribution is -2.25. The fourth-order valence-electron chi connectivity index (χ4n) is 3.11. The Morgan fingerprint density at radius 2 is 1.92 bits per heavy atom. The molecule has 1 aliphatic heterocycles. The Bertz CT molecular complexity index is 773. The van der Waals surface area contributed by atoms with Gasteiger partial charge in [-0.05, 0) is 29.7 Å². The van der Waals surface area contributed by atoms with Gasteiger partial charge in [-0.1, -0.05) is 36.4 Å². The van der Waals surface area contributed by atoms with E-state index in [0.29, 0.717) is 25.1 Å². The minimum atomic E-state index is -0.106. The number of amides is 2.